The van der Waals surface area contributed by atoms with Crippen molar-refractivity contribution in [1.29, 1.82) is 5.26 Å². The summed E-state index contributed by atoms with van der Waals surface area (Å²) in [4.78, 5) is 4.29. The van der Waals surface area contributed by atoms with E-state index in [1.54, 1.807) is 20.0 Å². The van der Waals surface area contributed by atoms with Crippen LogP contribution in [0.2, 0.25) is 0 Å². The minimum atomic E-state index is -1.20. The first kappa shape index (κ1) is 14.4. The van der Waals surface area contributed by atoms with E-state index in [-0.39, 0.29) is 0 Å². The molecule has 4 radical (unpaired) electrons. The number of rotatable bonds is 3. The van der Waals surface area contributed by atoms with Crippen molar-refractivity contribution >= 4 is 15.7 Å². The second-order valence-corrected chi connectivity index (χ2v) is 5.40. The Morgan fingerprint density at radius 1 is 1.05 bits per heavy atom. The SMILES string of the molecule is [B]C([B])(c1ccc(-c2ccccn2)cc1)C(C)(C)C#N. The van der Waals surface area contributed by atoms with Crippen LogP contribution < -0.4 is 0 Å². The van der Waals surface area contributed by atoms with Crippen LogP contribution in [0.5, 0.6) is 0 Å². The van der Waals surface area contributed by atoms with Gasteiger partial charge in [0.2, 0.25) is 0 Å². The first-order valence-corrected chi connectivity index (χ1v) is 6.39. The van der Waals surface area contributed by atoms with E-state index in [9.17, 15) is 5.26 Å². The van der Waals surface area contributed by atoms with Gasteiger partial charge in [-0.1, -0.05) is 41.1 Å². The van der Waals surface area contributed by atoms with Crippen molar-refractivity contribution < 1.29 is 0 Å². The number of nitrogens with zero attached hydrogens (tertiary/aromatic N) is 2. The largest absolute Gasteiger partial charge is 0.256 e. The van der Waals surface area contributed by atoms with Crippen LogP contribution in [0.3, 0.4) is 0 Å². The Labute approximate surface area is 122 Å². The molecule has 0 saturated heterocycles. The summed E-state index contributed by atoms with van der Waals surface area (Å²) in [7, 11) is 12.3. The molecule has 0 bridgehead atoms. The minimum Gasteiger partial charge on any atom is -0.256 e. The van der Waals surface area contributed by atoms with Gasteiger partial charge in [0.25, 0.3) is 0 Å². The third-order valence-electron chi connectivity index (χ3n) is 3.64. The zero-order chi connectivity index (χ0) is 14.8. The van der Waals surface area contributed by atoms with Crippen molar-refractivity contribution in [2.24, 2.45) is 5.41 Å². The Kier molecular flexibility index (Phi) is 3.72. The van der Waals surface area contributed by atoms with E-state index in [1.165, 1.54) is 0 Å². The van der Waals surface area contributed by atoms with Gasteiger partial charge in [-0.2, -0.15) is 5.26 Å². The van der Waals surface area contributed by atoms with E-state index in [2.05, 4.69) is 11.1 Å². The van der Waals surface area contributed by atoms with Crippen LogP contribution in [0.1, 0.15) is 19.4 Å². The second kappa shape index (κ2) is 5.17. The van der Waals surface area contributed by atoms with Gasteiger partial charge in [0.15, 0.2) is 0 Å². The van der Waals surface area contributed by atoms with Crippen molar-refractivity contribution in [3.63, 3.8) is 0 Å². The monoisotopic (exact) mass is 256 g/mol. The summed E-state index contributed by atoms with van der Waals surface area (Å²) < 4.78 is 0. The summed E-state index contributed by atoms with van der Waals surface area (Å²) in [5, 5.41) is 8.00. The van der Waals surface area contributed by atoms with Crippen LogP contribution in [-0.2, 0) is 5.21 Å². The normalized spacial score (nSPS) is 11.8. The van der Waals surface area contributed by atoms with Crippen molar-refractivity contribution in [1.82, 2.24) is 4.98 Å². The van der Waals surface area contributed by atoms with Crippen LogP contribution in [0, 0.1) is 16.7 Å². The molecule has 94 valence electrons. The molecule has 0 aliphatic heterocycles. The van der Waals surface area contributed by atoms with Gasteiger partial charge in [-0.3, -0.25) is 4.98 Å². The summed E-state index contributed by atoms with van der Waals surface area (Å²) in [6.45, 7) is 3.47. The average molecular weight is 256 g/mol. The van der Waals surface area contributed by atoms with Gasteiger partial charge in [-0.25, -0.2) is 0 Å². The zero-order valence-corrected chi connectivity index (χ0v) is 11.7. The molecule has 1 heterocycles. The van der Waals surface area contributed by atoms with Crippen LogP contribution in [-0.4, -0.2) is 20.7 Å². The van der Waals surface area contributed by atoms with E-state index < -0.39 is 10.6 Å². The number of hydrogen-bond donors (Lipinski definition) is 0. The molecule has 2 nitrogen and oxygen atoms in total. The lowest BCUT2D eigenvalue weighted by molar-refractivity contribution is 0.432. The maximum atomic E-state index is 9.20. The molecule has 0 saturated carbocycles. The lowest BCUT2D eigenvalue weighted by Crippen LogP contribution is -2.42. The summed E-state index contributed by atoms with van der Waals surface area (Å²) in [5.41, 5.74) is 1.74. The summed E-state index contributed by atoms with van der Waals surface area (Å²) in [5.74, 6) is 0. The summed E-state index contributed by atoms with van der Waals surface area (Å²) in [6.07, 6.45) is 1.75. The third-order valence-corrected chi connectivity index (χ3v) is 3.64. The Balaban J connectivity index is 2.37. The van der Waals surface area contributed by atoms with Gasteiger partial charge in [-0.05, 0) is 26.0 Å². The lowest BCUT2D eigenvalue weighted by Gasteiger charge is -2.38. The molecule has 0 unspecified atom stereocenters. The molecule has 0 fully saturated rings. The number of nitriles is 1. The van der Waals surface area contributed by atoms with Gasteiger partial charge < -0.3 is 0 Å². The molecule has 0 N–H and O–H groups in total. The maximum absolute atomic E-state index is 9.20. The van der Waals surface area contributed by atoms with Crippen LogP contribution in [0.25, 0.3) is 11.3 Å². The lowest BCUT2D eigenvalue weighted by atomic mass is 9.41. The predicted octanol–water partition coefficient (Wildman–Crippen LogP) is 2.79. The Morgan fingerprint density at radius 2 is 1.70 bits per heavy atom. The van der Waals surface area contributed by atoms with E-state index in [1.807, 2.05) is 42.5 Å². The quantitative estimate of drug-likeness (QED) is 0.791. The fourth-order valence-electron chi connectivity index (χ4n) is 1.90. The first-order valence-electron chi connectivity index (χ1n) is 6.39. The number of aromatic nitrogens is 1. The van der Waals surface area contributed by atoms with Gasteiger partial charge in [-0.15, -0.1) is 0 Å². The van der Waals surface area contributed by atoms with Crippen molar-refractivity contribution in [3.05, 3.63) is 54.2 Å². The third kappa shape index (κ3) is 2.49. The van der Waals surface area contributed by atoms with Crippen LogP contribution in [0.4, 0.5) is 0 Å². The van der Waals surface area contributed by atoms with Crippen molar-refractivity contribution in [2.45, 2.75) is 19.1 Å². The predicted molar refractivity (Wildman–Crippen MR) is 82.3 cm³/mol. The molecule has 1 aromatic carbocycles. The van der Waals surface area contributed by atoms with E-state index in [4.69, 9.17) is 15.7 Å². The molecular formula is C16H14B2N2. The van der Waals surface area contributed by atoms with E-state index in [0.717, 1.165) is 16.8 Å². The van der Waals surface area contributed by atoms with Crippen LogP contribution >= 0.6 is 0 Å². The molecule has 2 aromatic rings. The molecule has 0 atom stereocenters. The summed E-state index contributed by atoms with van der Waals surface area (Å²) in [6, 6.07) is 15.4. The molecule has 2 rings (SSSR count). The fraction of sp³-hybridized carbons (Fsp3) is 0.250. The van der Waals surface area contributed by atoms with E-state index >= 15 is 0 Å². The number of hydrogen-bond acceptors (Lipinski definition) is 2. The molecule has 0 aliphatic carbocycles. The molecule has 0 aliphatic rings. The van der Waals surface area contributed by atoms with E-state index in [0.29, 0.717) is 0 Å². The van der Waals surface area contributed by atoms with Crippen molar-refractivity contribution in [3.8, 4) is 17.3 Å². The van der Waals surface area contributed by atoms with Gasteiger partial charge >= 0.3 is 0 Å². The van der Waals surface area contributed by atoms with Crippen molar-refractivity contribution in [2.75, 3.05) is 0 Å². The topological polar surface area (TPSA) is 36.7 Å². The highest BCUT2D eigenvalue weighted by molar-refractivity contribution is 6.41. The van der Waals surface area contributed by atoms with Gasteiger partial charge in [0.05, 0.1) is 27.5 Å². The average Bonchev–Trinajstić information content (AvgIpc) is 2.48. The molecule has 0 amide bonds. The Bertz CT molecular complexity index is 626. The number of pyridine rings is 1. The maximum Gasteiger partial charge on any atom is 0.0703 e. The second-order valence-electron chi connectivity index (χ2n) is 5.40. The Morgan fingerprint density at radius 3 is 2.20 bits per heavy atom. The first-order chi connectivity index (χ1) is 9.38. The summed E-state index contributed by atoms with van der Waals surface area (Å²) >= 11 is 0. The molecule has 1 aromatic heterocycles. The zero-order valence-electron chi connectivity index (χ0n) is 11.7. The van der Waals surface area contributed by atoms with Gasteiger partial charge in [0, 0.05) is 17.2 Å². The highest BCUT2D eigenvalue weighted by Crippen LogP contribution is 2.36. The highest BCUT2D eigenvalue weighted by Gasteiger charge is 2.37. The molecule has 0 spiro atoms. The standard InChI is InChI=1S/C16H14B2N2/c1-15(2,11-19)16(17,18)13-8-6-12(7-9-13)14-5-3-4-10-20-14/h3-10H,1-2H3. The molecule has 4 heteroatoms. The molecular weight excluding hydrogens is 242 g/mol. The highest BCUT2D eigenvalue weighted by atomic mass is 14.7. The van der Waals surface area contributed by atoms with Crippen LogP contribution in [0.15, 0.2) is 48.7 Å². The smallest absolute Gasteiger partial charge is 0.0703 e. The Hall–Kier alpha value is -2.01. The minimum absolute atomic E-state index is 0.726. The molecule has 20 heavy (non-hydrogen) atoms. The number of benzene rings is 1. The fourth-order valence-corrected chi connectivity index (χ4v) is 1.90. The van der Waals surface area contributed by atoms with Gasteiger partial charge in [0.1, 0.15) is 0 Å².